The third-order valence-electron chi connectivity index (χ3n) is 10.9. The minimum absolute atomic E-state index is 0.0255. The van der Waals surface area contributed by atoms with Crippen LogP contribution in [0.3, 0.4) is 0 Å². The molecule has 0 spiro atoms. The largest absolute Gasteiger partial charge is 0.756 e. The average Bonchev–Trinajstić information content (AvgIpc) is 3.16. The Kier molecular flexibility index (Phi) is 39.7. The molecule has 0 aliphatic heterocycles. The van der Waals surface area contributed by atoms with Gasteiger partial charge in [-0.3, -0.25) is 14.2 Å². The predicted molar refractivity (Wildman–Crippen MR) is 236 cm³/mol. The third-order valence-corrected chi connectivity index (χ3v) is 11.8. The molecule has 0 heterocycles. The van der Waals surface area contributed by atoms with Gasteiger partial charge in [-0.15, -0.1) is 0 Å². The number of carbonyl (C=O) groups excluding carboxylic acids is 2. The normalized spacial score (nSPS) is 13.4. The number of ether oxygens (including phenoxy) is 2. The van der Waals surface area contributed by atoms with Gasteiger partial charge in [-0.05, 0) is 12.8 Å². The maximum Gasteiger partial charge on any atom is 0.306 e. The van der Waals surface area contributed by atoms with E-state index in [-0.39, 0.29) is 32.0 Å². The molecule has 0 saturated heterocycles. The van der Waals surface area contributed by atoms with E-state index < -0.39 is 26.5 Å². The Morgan fingerprint density at radius 3 is 1.12 bits per heavy atom. The van der Waals surface area contributed by atoms with E-state index in [0.717, 1.165) is 32.1 Å². The Hall–Kier alpha value is -0.990. The number of carbonyl (C=O) groups is 2. The van der Waals surface area contributed by atoms with Gasteiger partial charge in [-0.1, -0.05) is 213 Å². The molecule has 0 bridgehead atoms. The number of rotatable bonds is 45. The van der Waals surface area contributed by atoms with Gasteiger partial charge >= 0.3 is 11.9 Å². The summed E-state index contributed by atoms with van der Waals surface area (Å²) < 4.78 is 34.0. The molecule has 0 amide bonds. The second-order valence-corrected chi connectivity index (χ2v) is 19.3. The summed E-state index contributed by atoms with van der Waals surface area (Å²) in [6.07, 6.45) is 41.3. The number of phosphoric acid groups is 1. The van der Waals surface area contributed by atoms with Crippen LogP contribution in [0.4, 0.5) is 0 Å². The van der Waals surface area contributed by atoms with Gasteiger partial charge in [0.05, 0.1) is 27.7 Å². The van der Waals surface area contributed by atoms with Crippen LogP contribution in [-0.4, -0.2) is 70.0 Å². The molecule has 2 atom stereocenters. The molecule has 10 heteroatoms. The predicted octanol–water partition coefficient (Wildman–Crippen LogP) is 13.3. The highest BCUT2D eigenvalue weighted by molar-refractivity contribution is 7.45. The van der Waals surface area contributed by atoms with Crippen LogP contribution in [0, 0.1) is 0 Å². The molecular weight excluding hydrogens is 737 g/mol. The second-order valence-electron chi connectivity index (χ2n) is 17.8. The molecule has 0 aromatic rings. The Balaban J connectivity index is 4.22. The van der Waals surface area contributed by atoms with Gasteiger partial charge in [-0.2, -0.15) is 0 Å². The van der Waals surface area contributed by atoms with Crippen LogP contribution < -0.4 is 4.89 Å². The van der Waals surface area contributed by atoms with E-state index >= 15 is 0 Å². The van der Waals surface area contributed by atoms with Crippen LogP contribution in [-0.2, 0) is 32.7 Å². The maximum absolute atomic E-state index is 12.7. The topological polar surface area (TPSA) is 111 Å². The van der Waals surface area contributed by atoms with Crippen LogP contribution in [0.15, 0.2) is 0 Å². The van der Waals surface area contributed by atoms with Crippen molar-refractivity contribution >= 4 is 19.8 Å². The monoisotopic (exact) mass is 832 g/mol. The van der Waals surface area contributed by atoms with Gasteiger partial charge < -0.3 is 27.9 Å². The zero-order valence-corrected chi connectivity index (χ0v) is 39.2. The lowest BCUT2D eigenvalue weighted by Gasteiger charge is -2.28. The highest BCUT2D eigenvalue weighted by Crippen LogP contribution is 2.38. The smallest absolute Gasteiger partial charge is 0.306 e. The molecule has 340 valence electrons. The first-order valence-electron chi connectivity index (χ1n) is 24.2. The number of unbranched alkanes of at least 4 members (excludes halogenated alkanes) is 31. The minimum Gasteiger partial charge on any atom is -0.756 e. The zero-order valence-electron chi connectivity index (χ0n) is 38.3. The van der Waals surface area contributed by atoms with Gasteiger partial charge in [0.15, 0.2) is 6.10 Å². The van der Waals surface area contributed by atoms with Crippen molar-refractivity contribution in [1.29, 1.82) is 0 Å². The van der Waals surface area contributed by atoms with Gasteiger partial charge in [0.2, 0.25) is 0 Å². The first kappa shape index (κ1) is 56.0. The van der Waals surface area contributed by atoms with Crippen LogP contribution in [0.1, 0.15) is 239 Å². The third kappa shape index (κ3) is 44.4. The summed E-state index contributed by atoms with van der Waals surface area (Å²) in [6.45, 7) is 4.28. The van der Waals surface area contributed by atoms with E-state index in [4.69, 9.17) is 18.5 Å². The molecule has 57 heavy (non-hydrogen) atoms. The van der Waals surface area contributed by atoms with Crippen LogP contribution in [0.25, 0.3) is 0 Å². The van der Waals surface area contributed by atoms with E-state index in [1.165, 1.54) is 173 Å². The Labute approximate surface area is 353 Å². The van der Waals surface area contributed by atoms with Crippen LogP contribution in [0.5, 0.6) is 0 Å². The number of hydrogen-bond donors (Lipinski definition) is 0. The van der Waals surface area contributed by atoms with E-state index in [0.29, 0.717) is 17.4 Å². The van der Waals surface area contributed by atoms with Crippen LogP contribution in [0.2, 0.25) is 0 Å². The SMILES string of the molecule is CCCCCCCCCCCCCCCCCCCCCCC(=O)O[C@H](COC(=O)CCCCCCCCCCCCCCC)COP(=O)([O-])OCC[N+](C)(C)C. The van der Waals surface area contributed by atoms with Crippen molar-refractivity contribution in [2.24, 2.45) is 0 Å². The van der Waals surface area contributed by atoms with Crippen molar-refractivity contribution < 1.29 is 42.1 Å². The van der Waals surface area contributed by atoms with E-state index in [9.17, 15) is 19.0 Å². The molecular formula is C47H94NO8P. The molecule has 0 aromatic carbocycles. The van der Waals surface area contributed by atoms with Gasteiger partial charge in [0, 0.05) is 12.8 Å². The highest BCUT2D eigenvalue weighted by Gasteiger charge is 2.21. The lowest BCUT2D eigenvalue weighted by Crippen LogP contribution is -2.37. The lowest BCUT2D eigenvalue weighted by molar-refractivity contribution is -0.870. The number of phosphoric ester groups is 1. The van der Waals surface area contributed by atoms with Crippen LogP contribution >= 0.6 is 7.82 Å². The summed E-state index contributed by atoms with van der Waals surface area (Å²) in [5.41, 5.74) is 0. The fraction of sp³-hybridized carbons (Fsp3) is 0.957. The van der Waals surface area contributed by atoms with Crippen molar-refractivity contribution in [2.45, 2.75) is 245 Å². The van der Waals surface area contributed by atoms with Crippen molar-refractivity contribution in [3.05, 3.63) is 0 Å². The zero-order chi connectivity index (χ0) is 42.1. The highest BCUT2D eigenvalue weighted by atomic mass is 31.2. The summed E-state index contributed by atoms with van der Waals surface area (Å²) in [5, 5.41) is 0. The summed E-state index contributed by atoms with van der Waals surface area (Å²) in [4.78, 5) is 37.6. The molecule has 0 saturated carbocycles. The van der Waals surface area contributed by atoms with Crippen molar-refractivity contribution in [1.82, 2.24) is 0 Å². The molecule has 0 aromatic heterocycles. The molecule has 0 fully saturated rings. The first-order chi connectivity index (χ1) is 27.5. The summed E-state index contributed by atoms with van der Waals surface area (Å²) in [6, 6.07) is 0. The standard InChI is InChI=1S/C47H94NO8P/c1-6-8-10-12-14-16-18-20-21-22-23-24-25-26-28-30-32-34-36-38-40-47(50)56-45(44-55-57(51,52)54-42-41-48(3,4)5)43-53-46(49)39-37-35-33-31-29-27-19-17-15-13-11-9-7-2/h45H,6-44H2,1-5H3/t45-/m1/s1. The summed E-state index contributed by atoms with van der Waals surface area (Å²) in [5.74, 6) is -0.817. The summed E-state index contributed by atoms with van der Waals surface area (Å²) >= 11 is 0. The van der Waals surface area contributed by atoms with E-state index in [1.54, 1.807) is 0 Å². The van der Waals surface area contributed by atoms with Crippen molar-refractivity contribution in [2.75, 3.05) is 47.5 Å². The second kappa shape index (κ2) is 40.4. The van der Waals surface area contributed by atoms with Crippen molar-refractivity contribution in [3.63, 3.8) is 0 Å². The van der Waals surface area contributed by atoms with Gasteiger partial charge in [-0.25, -0.2) is 0 Å². The fourth-order valence-electron chi connectivity index (χ4n) is 7.07. The Morgan fingerprint density at radius 1 is 0.474 bits per heavy atom. The number of quaternary nitrogens is 1. The Bertz CT molecular complexity index is 943. The maximum atomic E-state index is 12.7. The number of nitrogens with zero attached hydrogens (tertiary/aromatic N) is 1. The first-order valence-corrected chi connectivity index (χ1v) is 25.7. The molecule has 0 radical (unpaired) electrons. The molecule has 0 aliphatic carbocycles. The Morgan fingerprint density at radius 2 is 0.789 bits per heavy atom. The number of hydrogen-bond acceptors (Lipinski definition) is 8. The fourth-order valence-corrected chi connectivity index (χ4v) is 7.80. The minimum atomic E-state index is -4.62. The average molecular weight is 832 g/mol. The van der Waals surface area contributed by atoms with Crippen molar-refractivity contribution in [3.8, 4) is 0 Å². The van der Waals surface area contributed by atoms with E-state index in [2.05, 4.69) is 13.8 Å². The molecule has 0 aliphatic rings. The molecule has 0 rings (SSSR count). The molecule has 1 unspecified atom stereocenters. The van der Waals surface area contributed by atoms with Gasteiger partial charge in [0.1, 0.15) is 19.8 Å². The number of likely N-dealkylation sites (N-methyl/N-ethyl adjacent to an activating group) is 1. The summed E-state index contributed by atoms with van der Waals surface area (Å²) in [7, 11) is 1.18. The number of esters is 2. The molecule has 0 N–H and O–H groups in total. The van der Waals surface area contributed by atoms with Gasteiger partial charge in [0.25, 0.3) is 7.82 Å². The van der Waals surface area contributed by atoms with E-state index in [1.807, 2.05) is 21.1 Å². The lowest BCUT2D eigenvalue weighted by atomic mass is 10.0. The molecule has 9 nitrogen and oxygen atoms in total. The quantitative estimate of drug-likeness (QED) is 0.0258.